The summed E-state index contributed by atoms with van der Waals surface area (Å²) in [6, 6.07) is 16.9. The molecule has 8 heteroatoms. The summed E-state index contributed by atoms with van der Waals surface area (Å²) in [5.74, 6) is 0.231. The second kappa shape index (κ2) is 9.60. The Hall–Kier alpha value is -3.94. The van der Waals surface area contributed by atoms with Gasteiger partial charge >= 0.3 is 6.18 Å². The number of carbonyl (C=O) groups excluding carboxylic acids is 1. The van der Waals surface area contributed by atoms with Crippen LogP contribution in [0, 0.1) is 0 Å². The highest BCUT2D eigenvalue weighted by Gasteiger charge is 2.30. The molecule has 3 aromatic carbocycles. The third-order valence-corrected chi connectivity index (χ3v) is 6.62. The lowest BCUT2D eigenvalue weighted by molar-refractivity contribution is -0.137. The number of fused-ring (bicyclic) bond motifs is 1. The van der Waals surface area contributed by atoms with Crippen LogP contribution >= 0.6 is 0 Å². The Kier molecular flexibility index (Phi) is 6.35. The summed E-state index contributed by atoms with van der Waals surface area (Å²) in [5, 5.41) is 4.00. The number of nitrogens with one attached hydrogen (secondary N) is 1. The summed E-state index contributed by atoms with van der Waals surface area (Å²) in [5.41, 5.74) is 4.17. The van der Waals surface area contributed by atoms with Crippen LogP contribution in [0.4, 0.5) is 24.5 Å². The minimum Gasteiger partial charge on any atom is -0.355 e. The van der Waals surface area contributed by atoms with E-state index in [1.165, 1.54) is 12.4 Å². The van der Waals surface area contributed by atoms with Crippen molar-refractivity contribution in [3.05, 3.63) is 84.3 Å². The van der Waals surface area contributed by atoms with Crippen LogP contribution in [0.25, 0.3) is 22.0 Å². The summed E-state index contributed by atoms with van der Waals surface area (Å²) in [6.07, 6.45) is 0.809. The minimum absolute atomic E-state index is 0.0724. The predicted molar refractivity (Wildman–Crippen MR) is 134 cm³/mol. The van der Waals surface area contributed by atoms with Crippen molar-refractivity contribution in [3.63, 3.8) is 0 Å². The van der Waals surface area contributed by atoms with Crippen molar-refractivity contribution in [2.75, 3.05) is 18.4 Å². The van der Waals surface area contributed by atoms with Gasteiger partial charge < -0.3 is 10.2 Å². The van der Waals surface area contributed by atoms with E-state index in [0.29, 0.717) is 17.9 Å². The molecule has 0 spiro atoms. The molecule has 1 saturated heterocycles. The maximum Gasteiger partial charge on any atom is 0.416 e. The average Bonchev–Trinajstić information content (AvgIpc) is 2.88. The van der Waals surface area contributed by atoms with Gasteiger partial charge in [-0.2, -0.15) is 13.2 Å². The SMILES string of the molecule is CC(=O)N1CCCC(c2cc(-c3cccc(Nc4cccc(C(F)(F)F)c4)c3)cc3cncnc23)C1. The average molecular weight is 491 g/mol. The molecule has 184 valence electrons. The molecule has 1 fully saturated rings. The van der Waals surface area contributed by atoms with Gasteiger partial charge in [0.05, 0.1) is 11.1 Å². The molecule has 1 amide bonds. The van der Waals surface area contributed by atoms with Gasteiger partial charge in [0.2, 0.25) is 5.91 Å². The third kappa shape index (κ3) is 5.03. The highest BCUT2D eigenvalue weighted by atomic mass is 19.4. The van der Waals surface area contributed by atoms with Crippen LogP contribution in [-0.2, 0) is 11.0 Å². The van der Waals surface area contributed by atoms with Crippen molar-refractivity contribution >= 4 is 28.2 Å². The molecule has 0 radical (unpaired) electrons. The molecule has 1 aromatic heterocycles. The Morgan fingerprint density at radius 2 is 1.81 bits per heavy atom. The molecule has 0 saturated carbocycles. The van der Waals surface area contributed by atoms with Crippen LogP contribution < -0.4 is 5.32 Å². The number of aromatic nitrogens is 2. The number of likely N-dealkylation sites (tertiary alicyclic amines) is 1. The molecule has 36 heavy (non-hydrogen) atoms. The van der Waals surface area contributed by atoms with E-state index in [1.807, 2.05) is 35.2 Å². The lowest BCUT2D eigenvalue weighted by atomic mass is 9.87. The maximum absolute atomic E-state index is 13.1. The molecule has 4 aromatic rings. The number of benzene rings is 3. The molecule has 1 unspecified atom stereocenters. The van der Waals surface area contributed by atoms with E-state index in [0.717, 1.165) is 59.1 Å². The summed E-state index contributed by atoms with van der Waals surface area (Å²) in [4.78, 5) is 22.6. The van der Waals surface area contributed by atoms with Crippen LogP contribution in [0.1, 0.15) is 36.8 Å². The zero-order valence-electron chi connectivity index (χ0n) is 19.7. The number of alkyl halides is 3. The number of amides is 1. The molecular weight excluding hydrogens is 465 g/mol. The van der Waals surface area contributed by atoms with Crippen LogP contribution in [0.15, 0.2) is 73.2 Å². The molecule has 1 aliphatic rings. The zero-order chi connectivity index (χ0) is 25.3. The predicted octanol–water partition coefficient (Wildman–Crippen LogP) is 6.79. The van der Waals surface area contributed by atoms with Crippen LogP contribution in [-0.4, -0.2) is 33.9 Å². The number of halogens is 3. The highest BCUT2D eigenvalue weighted by molar-refractivity contribution is 5.88. The molecule has 1 N–H and O–H groups in total. The topological polar surface area (TPSA) is 58.1 Å². The van der Waals surface area contributed by atoms with E-state index in [9.17, 15) is 18.0 Å². The Morgan fingerprint density at radius 3 is 2.58 bits per heavy atom. The van der Waals surface area contributed by atoms with Crippen LogP contribution in [0.5, 0.6) is 0 Å². The van der Waals surface area contributed by atoms with Crippen molar-refractivity contribution in [2.24, 2.45) is 0 Å². The molecular formula is C28H25F3N4O. The molecule has 5 nitrogen and oxygen atoms in total. The lowest BCUT2D eigenvalue weighted by Gasteiger charge is -2.32. The smallest absolute Gasteiger partial charge is 0.355 e. The van der Waals surface area contributed by atoms with Crippen molar-refractivity contribution in [2.45, 2.75) is 31.9 Å². The van der Waals surface area contributed by atoms with Crippen LogP contribution in [0.3, 0.4) is 0 Å². The van der Waals surface area contributed by atoms with Gasteiger partial charge in [-0.15, -0.1) is 0 Å². The highest BCUT2D eigenvalue weighted by Crippen LogP contribution is 2.36. The first kappa shape index (κ1) is 23.8. The Bertz CT molecular complexity index is 1420. The number of carbonyl (C=O) groups is 1. The number of anilines is 2. The molecule has 5 rings (SSSR count). The Morgan fingerprint density at radius 1 is 1.03 bits per heavy atom. The van der Waals surface area contributed by atoms with Crippen LogP contribution in [0.2, 0.25) is 0 Å². The number of nitrogens with zero attached hydrogens (tertiary/aromatic N) is 3. The molecule has 1 atom stereocenters. The summed E-state index contributed by atoms with van der Waals surface area (Å²) in [7, 11) is 0. The second-order valence-corrected chi connectivity index (χ2v) is 9.11. The molecule has 0 bridgehead atoms. The monoisotopic (exact) mass is 490 g/mol. The number of rotatable bonds is 4. The van der Waals surface area contributed by atoms with Gasteiger partial charge in [-0.25, -0.2) is 9.97 Å². The fourth-order valence-corrected chi connectivity index (χ4v) is 4.84. The van der Waals surface area contributed by atoms with Crippen molar-refractivity contribution in [3.8, 4) is 11.1 Å². The van der Waals surface area contributed by atoms with Gasteiger partial charge in [0.15, 0.2) is 0 Å². The molecule has 0 aliphatic carbocycles. The summed E-state index contributed by atoms with van der Waals surface area (Å²) in [6.45, 7) is 3.01. The number of piperidine rings is 1. The first-order valence-corrected chi connectivity index (χ1v) is 11.8. The van der Waals surface area contributed by atoms with Gasteiger partial charge in [0.1, 0.15) is 6.33 Å². The fraction of sp³-hybridized carbons (Fsp3) is 0.250. The van der Waals surface area contributed by atoms with E-state index < -0.39 is 11.7 Å². The van der Waals surface area contributed by atoms with Crippen molar-refractivity contribution in [1.82, 2.24) is 14.9 Å². The normalized spacial score (nSPS) is 16.2. The van der Waals surface area contributed by atoms with E-state index in [2.05, 4.69) is 21.4 Å². The van der Waals surface area contributed by atoms with E-state index >= 15 is 0 Å². The Balaban J connectivity index is 1.50. The van der Waals surface area contributed by atoms with E-state index in [4.69, 9.17) is 0 Å². The maximum atomic E-state index is 13.1. The van der Waals surface area contributed by atoms with Gasteiger partial charge in [-0.1, -0.05) is 18.2 Å². The summed E-state index contributed by atoms with van der Waals surface area (Å²) >= 11 is 0. The van der Waals surface area contributed by atoms with E-state index in [1.54, 1.807) is 19.2 Å². The van der Waals surface area contributed by atoms with Gasteiger partial charge in [-0.3, -0.25) is 4.79 Å². The fourth-order valence-electron chi connectivity index (χ4n) is 4.84. The van der Waals surface area contributed by atoms with Gasteiger partial charge in [-0.05, 0) is 72.0 Å². The van der Waals surface area contributed by atoms with Gasteiger partial charge in [0.25, 0.3) is 0 Å². The van der Waals surface area contributed by atoms with Crippen molar-refractivity contribution in [1.29, 1.82) is 0 Å². The first-order valence-electron chi connectivity index (χ1n) is 11.8. The lowest BCUT2D eigenvalue weighted by Crippen LogP contribution is -2.37. The third-order valence-electron chi connectivity index (χ3n) is 6.62. The largest absolute Gasteiger partial charge is 0.416 e. The molecule has 1 aliphatic heterocycles. The summed E-state index contributed by atoms with van der Waals surface area (Å²) < 4.78 is 39.4. The minimum atomic E-state index is -4.40. The standard InChI is InChI=1S/C28H25F3N4O/c1-18(36)35-10-4-6-20(16-35)26-13-21(11-22-15-32-17-33-27(22)26)19-5-2-8-24(12-19)34-25-9-3-7-23(14-25)28(29,30)31/h2-3,5,7-9,11-15,17,20,34H,4,6,10,16H2,1H3. The number of hydrogen-bond acceptors (Lipinski definition) is 4. The Labute approximate surface area is 207 Å². The van der Waals surface area contributed by atoms with Gasteiger partial charge in [0, 0.05) is 48.9 Å². The molecule has 2 heterocycles. The zero-order valence-corrected chi connectivity index (χ0v) is 19.7. The number of hydrogen-bond donors (Lipinski definition) is 1. The first-order chi connectivity index (χ1) is 17.3. The van der Waals surface area contributed by atoms with Crippen molar-refractivity contribution < 1.29 is 18.0 Å². The van der Waals surface area contributed by atoms with E-state index in [-0.39, 0.29) is 11.8 Å². The second-order valence-electron chi connectivity index (χ2n) is 9.11. The quantitative estimate of drug-likeness (QED) is 0.342.